The molecule has 0 spiro atoms. The highest BCUT2D eigenvalue weighted by atomic mass is 16.5. The Bertz CT molecular complexity index is 323. The molecule has 0 fully saturated rings. The number of hydrogen-bond acceptors (Lipinski definition) is 4. The van der Waals surface area contributed by atoms with Crippen LogP contribution < -0.4 is 0 Å². The van der Waals surface area contributed by atoms with Crippen molar-refractivity contribution >= 4 is 11.9 Å². The summed E-state index contributed by atoms with van der Waals surface area (Å²) >= 11 is 0. The van der Waals surface area contributed by atoms with Crippen LogP contribution in [-0.4, -0.2) is 25.2 Å². The highest BCUT2D eigenvalue weighted by Crippen LogP contribution is 2.20. The summed E-state index contributed by atoms with van der Waals surface area (Å²) in [6.07, 6.45) is 7.91. The van der Waals surface area contributed by atoms with Crippen molar-refractivity contribution in [2.45, 2.75) is 59.8 Å². The molecule has 2 atom stereocenters. The van der Waals surface area contributed by atoms with Crippen LogP contribution in [0.25, 0.3) is 0 Å². The molecule has 0 aliphatic rings. The van der Waals surface area contributed by atoms with Gasteiger partial charge in [0.25, 0.3) is 0 Å². The first-order valence-electron chi connectivity index (χ1n) is 8.02. The molecule has 0 saturated heterocycles. The largest absolute Gasteiger partial charge is 0.465 e. The van der Waals surface area contributed by atoms with Gasteiger partial charge in [-0.1, -0.05) is 45.8 Å². The van der Waals surface area contributed by atoms with Crippen LogP contribution in [0.5, 0.6) is 0 Å². The van der Waals surface area contributed by atoms with Crippen molar-refractivity contribution in [2.75, 3.05) is 13.2 Å². The van der Waals surface area contributed by atoms with Crippen molar-refractivity contribution in [3.63, 3.8) is 0 Å². The van der Waals surface area contributed by atoms with Gasteiger partial charge in [-0.3, -0.25) is 9.59 Å². The molecule has 0 aromatic carbocycles. The van der Waals surface area contributed by atoms with Crippen LogP contribution in [0.1, 0.15) is 59.8 Å². The van der Waals surface area contributed by atoms with E-state index in [9.17, 15) is 9.59 Å². The van der Waals surface area contributed by atoms with Crippen LogP contribution in [-0.2, 0) is 19.1 Å². The Morgan fingerprint density at radius 1 is 1.00 bits per heavy atom. The van der Waals surface area contributed by atoms with Crippen molar-refractivity contribution in [1.82, 2.24) is 0 Å². The van der Waals surface area contributed by atoms with Gasteiger partial charge in [-0.15, -0.1) is 0 Å². The molecule has 2 unspecified atom stereocenters. The molecular weight excluding hydrogens is 268 g/mol. The quantitative estimate of drug-likeness (QED) is 0.330. The number of ether oxygens (including phenoxy) is 2. The van der Waals surface area contributed by atoms with Gasteiger partial charge in [0.05, 0.1) is 25.0 Å². The Kier molecular flexibility index (Phi) is 11.6. The average molecular weight is 298 g/mol. The summed E-state index contributed by atoms with van der Waals surface area (Å²) in [5.74, 6) is -1.56. The van der Waals surface area contributed by atoms with Gasteiger partial charge in [-0.2, -0.15) is 0 Å². The first-order chi connectivity index (χ1) is 10.1. The summed E-state index contributed by atoms with van der Waals surface area (Å²) in [5, 5.41) is 0. The number of unbranched alkanes of at least 4 members (excludes halogenated alkanes) is 2. The van der Waals surface area contributed by atoms with Crippen LogP contribution in [0, 0.1) is 11.8 Å². The molecule has 0 heterocycles. The molecule has 122 valence electrons. The smallest absolute Gasteiger partial charge is 0.310 e. The average Bonchev–Trinajstić information content (AvgIpc) is 2.47. The highest BCUT2D eigenvalue weighted by molar-refractivity contribution is 5.82. The van der Waals surface area contributed by atoms with Gasteiger partial charge in [-0.05, 0) is 26.2 Å². The zero-order valence-corrected chi connectivity index (χ0v) is 13.9. The van der Waals surface area contributed by atoms with E-state index in [2.05, 4.69) is 0 Å². The molecule has 0 radical (unpaired) electrons. The van der Waals surface area contributed by atoms with Crippen LogP contribution >= 0.6 is 0 Å². The Morgan fingerprint density at radius 3 is 2.00 bits per heavy atom. The van der Waals surface area contributed by atoms with Gasteiger partial charge in [0.1, 0.15) is 0 Å². The minimum Gasteiger partial charge on any atom is -0.465 e. The van der Waals surface area contributed by atoms with Gasteiger partial charge in [0.2, 0.25) is 0 Å². The van der Waals surface area contributed by atoms with E-state index in [1.54, 1.807) is 6.92 Å². The maximum Gasteiger partial charge on any atom is 0.310 e. The first-order valence-corrected chi connectivity index (χ1v) is 8.02. The van der Waals surface area contributed by atoms with Crippen LogP contribution in [0.2, 0.25) is 0 Å². The van der Waals surface area contributed by atoms with E-state index in [0.717, 1.165) is 25.7 Å². The third kappa shape index (κ3) is 8.53. The fraction of sp³-hybridized carbons (Fsp3) is 0.765. The summed E-state index contributed by atoms with van der Waals surface area (Å²) in [7, 11) is 0. The second-order valence-electron chi connectivity index (χ2n) is 5.24. The third-order valence-corrected chi connectivity index (χ3v) is 3.39. The van der Waals surface area contributed by atoms with E-state index in [-0.39, 0.29) is 11.9 Å². The Labute approximate surface area is 128 Å². The molecule has 0 aliphatic heterocycles. The van der Waals surface area contributed by atoms with E-state index in [0.29, 0.717) is 19.6 Å². The number of esters is 2. The summed E-state index contributed by atoms with van der Waals surface area (Å²) in [5.41, 5.74) is 0. The predicted octanol–water partition coefficient (Wildman–Crippen LogP) is 3.89. The topological polar surface area (TPSA) is 52.6 Å². The second kappa shape index (κ2) is 12.4. The predicted molar refractivity (Wildman–Crippen MR) is 83.8 cm³/mol. The Balaban J connectivity index is 4.55. The monoisotopic (exact) mass is 298 g/mol. The standard InChI is InChI=1S/C17H30O4/c1-5-8-11-15(17(19)21-13-10-7-3)14(4)16(18)20-12-9-6-2/h5,8,14-15H,6-7,9-13H2,1-4H3. The molecule has 0 amide bonds. The molecule has 4 heteroatoms. The molecule has 0 rings (SSSR count). The number of allylic oxidation sites excluding steroid dienone is 2. The molecule has 0 N–H and O–H groups in total. The summed E-state index contributed by atoms with van der Waals surface area (Å²) < 4.78 is 10.5. The zero-order valence-electron chi connectivity index (χ0n) is 13.9. The van der Waals surface area contributed by atoms with Gasteiger partial charge < -0.3 is 9.47 Å². The molecule has 0 aromatic heterocycles. The number of carbonyl (C=O) groups is 2. The number of hydrogen-bond donors (Lipinski definition) is 0. The molecule has 0 bridgehead atoms. The first kappa shape index (κ1) is 19.7. The lowest BCUT2D eigenvalue weighted by Crippen LogP contribution is -2.31. The SMILES string of the molecule is CC=CCC(C(=O)OCCCC)C(C)C(=O)OCCCC. The van der Waals surface area contributed by atoms with Gasteiger partial charge in [-0.25, -0.2) is 0 Å². The van der Waals surface area contributed by atoms with Crippen molar-refractivity contribution in [2.24, 2.45) is 11.8 Å². The second-order valence-corrected chi connectivity index (χ2v) is 5.24. The fourth-order valence-electron chi connectivity index (χ4n) is 1.82. The maximum absolute atomic E-state index is 12.1. The van der Waals surface area contributed by atoms with Crippen molar-refractivity contribution < 1.29 is 19.1 Å². The van der Waals surface area contributed by atoms with Crippen LogP contribution in [0.3, 0.4) is 0 Å². The molecular formula is C17H30O4. The Morgan fingerprint density at radius 2 is 1.52 bits per heavy atom. The molecule has 0 aliphatic carbocycles. The molecule has 0 aromatic rings. The molecule has 21 heavy (non-hydrogen) atoms. The summed E-state index contributed by atoms with van der Waals surface area (Å²) in [6.45, 7) is 8.55. The van der Waals surface area contributed by atoms with Crippen molar-refractivity contribution in [1.29, 1.82) is 0 Å². The summed E-state index contributed by atoms with van der Waals surface area (Å²) in [4.78, 5) is 24.1. The Hall–Kier alpha value is -1.32. The fourth-order valence-corrected chi connectivity index (χ4v) is 1.82. The van der Waals surface area contributed by atoms with Gasteiger partial charge in [0, 0.05) is 0 Å². The lowest BCUT2D eigenvalue weighted by atomic mass is 9.91. The van der Waals surface area contributed by atoms with Crippen LogP contribution in [0.4, 0.5) is 0 Å². The van der Waals surface area contributed by atoms with Crippen LogP contribution in [0.15, 0.2) is 12.2 Å². The zero-order chi connectivity index (χ0) is 16.1. The van der Waals surface area contributed by atoms with E-state index >= 15 is 0 Å². The summed E-state index contributed by atoms with van der Waals surface area (Å²) in [6, 6.07) is 0. The minimum absolute atomic E-state index is 0.304. The normalized spacial score (nSPS) is 13.9. The van der Waals surface area contributed by atoms with E-state index in [1.165, 1.54) is 0 Å². The lowest BCUT2D eigenvalue weighted by molar-refractivity contribution is -0.160. The highest BCUT2D eigenvalue weighted by Gasteiger charge is 2.31. The van der Waals surface area contributed by atoms with Crippen molar-refractivity contribution in [3.8, 4) is 0 Å². The molecule has 4 nitrogen and oxygen atoms in total. The minimum atomic E-state index is -0.479. The van der Waals surface area contributed by atoms with Crippen molar-refractivity contribution in [3.05, 3.63) is 12.2 Å². The number of carbonyl (C=O) groups excluding carboxylic acids is 2. The van der Waals surface area contributed by atoms with Gasteiger partial charge >= 0.3 is 11.9 Å². The maximum atomic E-state index is 12.1. The number of rotatable bonds is 11. The van der Waals surface area contributed by atoms with Gasteiger partial charge in [0.15, 0.2) is 0 Å². The lowest BCUT2D eigenvalue weighted by Gasteiger charge is -2.20. The third-order valence-electron chi connectivity index (χ3n) is 3.39. The molecule has 0 saturated carbocycles. The van der Waals surface area contributed by atoms with E-state index in [4.69, 9.17) is 9.47 Å². The van der Waals surface area contributed by atoms with E-state index < -0.39 is 11.8 Å². The van der Waals surface area contributed by atoms with E-state index in [1.807, 2.05) is 32.9 Å².